The van der Waals surface area contributed by atoms with Crippen LogP contribution in [0.3, 0.4) is 0 Å². The molecular weight excluding hydrogens is 713 g/mol. The van der Waals surface area contributed by atoms with Crippen LogP contribution in [-0.4, -0.2) is 4.57 Å². The Kier molecular flexibility index (Phi) is 8.20. The van der Waals surface area contributed by atoms with Crippen LogP contribution < -0.4 is 4.90 Å². The fourth-order valence-corrected chi connectivity index (χ4v) is 9.46. The van der Waals surface area contributed by atoms with E-state index in [-0.39, 0.29) is 5.41 Å². The summed E-state index contributed by atoms with van der Waals surface area (Å²) in [5.41, 5.74) is 19.5. The summed E-state index contributed by atoms with van der Waals surface area (Å²) < 4.78 is 2.39. The van der Waals surface area contributed by atoms with Gasteiger partial charge in [0.15, 0.2) is 0 Å². The van der Waals surface area contributed by atoms with Crippen molar-refractivity contribution >= 4 is 38.9 Å². The van der Waals surface area contributed by atoms with Crippen LogP contribution in [0.4, 0.5) is 17.1 Å². The standard InChI is InChI=1S/C57H42N2/c1-57(2)52-21-13-20-48(43-30-34-46(35-31-43)59-54-22-11-9-18-49(54)50-19-10-12-23-55(50)59)56(52)51-37-36-47(38-53(51)57)58(44-16-7-4-8-17-44)45-32-28-42(29-33-45)41-26-24-40(25-27-41)39-14-5-3-6-15-39/h3-38H,1-2H3. The molecule has 1 aromatic heterocycles. The van der Waals surface area contributed by atoms with Gasteiger partial charge in [-0.1, -0.05) is 172 Å². The van der Waals surface area contributed by atoms with Gasteiger partial charge in [-0.3, -0.25) is 0 Å². The minimum atomic E-state index is -0.183. The van der Waals surface area contributed by atoms with Gasteiger partial charge in [-0.05, 0) is 116 Å². The molecule has 0 aliphatic heterocycles. The smallest absolute Gasteiger partial charge is 0.0541 e. The first-order valence-electron chi connectivity index (χ1n) is 20.5. The molecule has 11 rings (SSSR count). The van der Waals surface area contributed by atoms with Crippen LogP contribution in [0.2, 0.25) is 0 Å². The molecule has 0 unspecified atom stereocenters. The molecular formula is C57H42N2. The molecule has 0 radical (unpaired) electrons. The van der Waals surface area contributed by atoms with Gasteiger partial charge in [0.25, 0.3) is 0 Å². The lowest BCUT2D eigenvalue weighted by Gasteiger charge is -2.28. The Hall–Kier alpha value is -7.42. The highest BCUT2D eigenvalue weighted by Gasteiger charge is 2.37. The van der Waals surface area contributed by atoms with Gasteiger partial charge in [0.2, 0.25) is 0 Å². The second-order valence-corrected chi connectivity index (χ2v) is 16.2. The Morgan fingerprint density at radius 2 is 0.847 bits per heavy atom. The van der Waals surface area contributed by atoms with Crippen molar-refractivity contribution in [3.63, 3.8) is 0 Å². The predicted octanol–water partition coefficient (Wildman–Crippen LogP) is 15.6. The lowest BCUT2D eigenvalue weighted by Crippen LogP contribution is -2.16. The molecule has 0 bridgehead atoms. The van der Waals surface area contributed by atoms with E-state index in [2.05, 4.69) is 242 Å². The molecule has 0 spiro atoms. The molecule has 0 saturated carbocycles. The van der Waals surface area contributed by atoms with Crippen molar-refractivity contribution in [2.45, 2.75) is 19.3 Å². The summed E-state index contributed by atoms with van der Waals surface area (Å²) in [4.78, 5) is 2.38. The fraction of sp³-hybridized carbons (Fsp3) is 0.0526. The summed E-state index contributed by atoms with van der Waals surface area (Å²) in [7, 11) is 0. The predicted molar refractivity (Wildman–Crippen MR) is 249 cm³/mol. The van der Waals surface area contributed by atoms with Gasteiger partial charge in [-0.2, -0.15) is 0 Å². The van der Waals surface area contributed by atoms with E-state index in [4.69, 9.17) is 0 Å². The first kappa shape index (κ1) is 34.8. The number of nitrogens with zero attached hydrogens (tertiary/aromatic N) is 2. The maximum Gasteiger partial charge on any atom is 0.0541 e. The quantitative estimate of drug-likeness (QED) is 0.157. The Bertz CT molecular complexity index is 3080. The molecule has 1 aliphatic rings. The number of fused-ring (bicyclic) bond motifs is 6. The van der Waals surface area contributed by atoms with E-state index in [9.17, 15) is 0 Å². The van der Waals surface area contributed by atoms with Gasteiger partial charge in [-0.25, -0.2) is 0 Å². The molecule has 1 heterocycles. The van der Waals surface area contributed by atoms with Crippen molar-refractivity contribution in [3.05, 3.63) is 230 Å². The van der Waals surface area contributed by atoms with Crippen LogP contribution in [0.1, 0.15) is 25.0 Å². The Morgan fingerprint density at radius 3 is 1.47 bits per heavy atom. The van der Waals surface area contributed by atoms with Crippen LogP contribution >= 0.6 is 0 Å². The fourth-order valence-electron chi connectivity index (χ4n) is 9.46. The molecule has 280 valence electrons. The first-order valence-corrected chi connectivity index (χ1v) is 20.5. The van der Waals surface area contributed by atoms with Crippen molar-refractivity contribution in [1.82, 2.24) is 4.57 Å². The lowest BCUT2D eigenvalue weighted by molar-refractivity contribution is 0.660. The maximum atomic E-state index is 2.42. The third-order valence-electron chi connectivity index (χ3n) is 12.4. The highest BCUT2D eigenvalue weighted by molar-refractivity contribution is 6.09. The number of hydrogen-bond donors (Lipinski definition) is 0. The molecule has 2 nitrogen and oxygen atoms in total. The monoisotopic (exact) mass is 754 g/mol. The number of anilines is 3. The molecule has 9 aromatic carbocycles. The van der Waals surface area contributed by atoms with Crippen LogP contribution in [0.25, 0.3) is 72.0 Å². The van der Waals surface area contributed by atoms with E-state index < -0.39 is 0 Å². The SMILES string of the molecule is CC1(C)c2cc(N(c3ccccc3)c3ccc(-c4ccc(-c5ccccc5)cc4)cc3)ccc2-c2c(-c3ccc(-n4c5ccccc5c5ccccc54)cc3)cccc21. The minimum absolute atomic E-state index is 0.183. The molecule has 0 fully saturated rings. The highest BCUT2D eigenvalue weighted by Crippen LogP contribution is 2.53. The van der Waals surface area contributed by atoms with E-state index in [0.717, 1.165) is 17.1 Å². The zero-order valence-corrected chi connectivity index (χ0v) is 33.2. The summed E-state index contributed by atoms with van der Waals surface area (Å²) in [6.07, 6.45) is 0. The zero-order valence-electron chi connectivity index (χ0n) is 33.2. The first-order chi connectivity index (χ1) is 29.0. The molecule has 59 heavy (non-hydrogen) atoms. The topological polar surface area (TPSA) is 8.17 Å². The molecule has 0 saturated heterocycles. The minimum Gasteiger partial charge on any atom is -0.310 e. The van der Waals surface area contributed by atoms with Crippen LogP contribution in [0.15, 0.2) is 218 Å². The second kappa shape index (κ2) is 13.9. The van der Waals surface area contributed by atoms with Crippen molar-refractivity contribution < 1.29 is 0 Å². The molecule has 1 aliphatic carbocycles. The number of para-hydroxylation sites is 3. The summed E-state index contributed by atoms with van der Waals surface area (Å²) in [6.45, 7) is 4.75. The number of hydrogen-bond acceptors (Lipinski definition) is 1. The largest absolute Gasteiger partial charge is 0.310 e. The van der Waals surface area contributed by atoms with E-state index >= 15 is 0 Å². The third-order valence-corrected chi connectivity index (χ3v) is 12.4. The van der Waals surface area contributed by atoms with Gasteiger partial charge >= 0.3 is 0 Å². The molecule has 2 heteroatoms. The summed E-state index contributed by atoms with van der Waals surface area (Å²) >= 11 is 0. The number of rotatable bonds is 7. The van der Waals surface area contributed by atoms with Crippen molar-refractivity contribution in [1.29, 1.82) is 0 Å². The average molecular weight is 755 g/mol. The van der Waals surface area contributed by atoms with E-state index in [1.807, 2.05) is 0 Å². The molecule has 0 atom stereocenters. The van der Waals surface area contributed by atoms with E-state index in [0.29, 0.717) is 0 Å². The Morgan fingerprint density at radius 1 is 0.356 bits per heavy atom. The molecule has 0 N–H and O–H groups in total. The summed E-state index contributed by atoms with van der Waals surface area (Å²) in [5.74, 6) is 0. The molecule has 10 aromatic rings. The normalized spacial score (nSPS) is 12.7. The van der Waals surface area contributed by atoms with Gasteiger partial charge in [0.05, 0.1) is 11.0 Å². The van der Waals surface area contributed by atoms with Gasteiger partial charge < -0.3 is 9.47 Å². The van der Waals surface area contributed by atoms with Crippen molar-refractivity contribution in [2.24, 2.45) is 0 Å². The third kappa shape index (κ3) is 5.79. The van der Waals surface area contributed by atoms with Crippen LogP contribution in [0, 0.1) is 0 Å². The van der Waals surface area contributed by atoms with Crippen molar-refractivity contribution in [2.75, 3.05) is 4.90 Å². The van der Waals surface area contributed by atoms with E-state index in [1.54, 1.807) is 0 Å². The van der Waals surface area contributed by atoms with Gasteiger partial charge in [0, 0.05) is 38.9 Å². The van der Waals surface area contributed by atoms with Crippen LogP contribution in [0.5, 0.6) is 0 Å². The van der Waals surface area contributed by atoms with Crippen molar-refractivity contribution in [3.8, 4) is 50.2 Å². The van der Waals surface area contributed by atoms with Gasteiger partial charge in [0.1, 0.15) is 0 Å². The number of benzene rings is 9. The Labute approximate surface area is 345 Å². The van der Waals surface area contributed by atoms with Gasteiger partial charge in [-0.15, -0.1) is 0 Å². The van der Waals surface area contributed by atoms with E-state index in [1.165, 1.54) is 83.1 Å². The lowest BCUT2D eigenvalue weighted by atomic mass is 9.81. The van der Waals surface area contributed by atoms with Crippen LogP contribution in [-0.2, 0) is 5.41 Å². The summed E-state index contributed by atoms with van der Waals surface area (Å²) in [5, 5.41) is 2.55. The number of aromatic nitrogens is 1. The summed E-state index contributed by atoms with van der Waals surface area (Å²) in [6, 6.07) is 79.7. The maximum absolute atomic E-state index is 2.42. The zero-order chi connectivity index (χ0) is 39.5. The Balaban J connectivity index is 0.953. The highest BCUT2D eigenvalue weighted by atomic mass is 15.1. The second-order valence-electron chi connectivity index (χ2n) is 16.2. The molecule has 0 amide bonds. The average Bonchev–Trinajstić information content (AvgIpc) is 3.76.